The van der Waals surface area contributed by atoms with Crippen LogP contribution in [-0.2, 0) is 13.6 Å². The molecule has 0 spiro atoms. The molecule has 7 nitrogen and oxygen atoms in total. The monoisotopic (exact) mass is 302 g/mol. The molecule has 0 aliphatic carbocycles. The first-order valence-corrected chi connectivity index (χ1v) is 7.13. The van der Waals surface area contributed by atoms with E-state index in [4.69, 9.17) is 4.74 Å². The zero-order valence-corrected chi connectivity index (χ0v) is 13.2. The molecule has 0 atom stereocenters. The molecule has 7 heteroatoms. The average Bonchev–Trinajstić information content (AvgIpc) is 2.94. The predicted molar refractivity (Wildman–Crippen MR) is 85.8 cm³/mol. The molecule has 1 heterocycles. The molecule has 1 aromatic heterocycles. The molecule has 0 aliphatic heterocycles. The van der Waals surface area contributed by atoms with Crippen LogP contribution >= 0.6 is 0 Å². The third-order valence-corrected chi connectivity index (χ3v) is 3.22. The molecular formula is C15H22N6O. The predicted octanol–water partition coefficient (Wildman–Crippen LogP) is 0.901. The van der Waals surface area contributed by atoms with Crippen LogP contribution < -0.4 is 10.1 Å². The van der Waals surface area contributed by atoms with Gasteiger partial charge in [0, 0.05) is 21.1 Å². The zero-order valence-electron chi connectivity index (χ0n) is 13.2. The summed E-state index contributed by atoms with van der Waals surface area (Å²) in [6, 6.07) is 9.78. The highest BCUT2D eigenvalue weighted by atomic mass is 16.5. The number of rotatable bonds is 6. The number of hydrogen-bond donors (Lipinski definition) is 1. The molecule has 0 fully saturated rings. The van der Waals surface area contributed by atoms with Gasteiger partial charge in [0.05, 0.1) is 13.1 Å². The standard InChI is InChI=1S/C15H22N6O/c1-16-15(17-11-14-19-18-12-21(14)3)20(2)9-10-22-13-7-5-4-6-8-13/h4-8,12H,9-11H2,1-3H3,(H,16,17). The summed E-state index contributed by atoms with van der Waals surface area (Å²) in [5.41, 5.74) is 0. The Morgan fingerprint density at radius 2 is 2.14 bits per heavy atom. The van der Waals surface area contributed by atoms with Crippen molar-refractivity contribution in [1.82, 2.24) is 25.0 Å². The molecular weight excluding hydrogens is 280 g/mol. The molecule has 1 aromatic carbocycles. The van der Waals surface area contributed by atoms with E-state index in [1.807, 2.05) is 53.9 Å². The van der Waals surface area contributed by atoms with E-state index >= 15 is 0 Å². The van der Waals surface area contributed by atoms with Gasteiger partial charge in [-0.25, -0.2) is 0 Å². The maximum Gasteiger partial charge on any atom is 0.193 e. The van der Waals surface area contributed by atoms with Gasteiger partial charge in [0.15, 0.2) is 11.8 Å². The Balaban J connectivity index is 1.77. The van der Waals surface area contributed by atoms with Crippen molar-refractivity contribution in [2.75, 3.05) is 27.2 Å². The number of nitrogens with zero attached hydrogens (tertiary/aromatic N) is 5. The third kappa shape index (κ3) is 4.47. The second kappa shape index (κ2) is 8.02. The van der Waals surface area contributed by atoms with E-state index in [0.717, 1.165) is 24.1 Å². The van der Waals surface area contributed by atoms with Gasteiger partial charge >= 0.3 is 0 Å². The number of ether oxygens (including phenoxy) is 1. The highest BCUT2D eigenvalue weighted by Gasteiger charge is 2.07. The number of hydrogen-bond acceptors (Lipinski definition) is 4. The largest absolute Gasteiger partial charge is 0.492 e. The van der Waals surface area contributed by atoms with Crippen LogP contribution in [0, 0.1) is 0 Å². The fraction of sp³-hybridized carbons (Fsp3) is 0.400. The Morgan fingerprint density at radius 1 is 1.36 bits per heavy atom. The number of aromatic nitrogens is 3. The number of para-hydroxylation sites is 1. The van der Waals surface area contributed by atoms with Crippen LogP contribution in [0.15, 0.2) is 41.7 Å². The van der Waals surface area contributed by atoms with E-state index in [1.54, 1.807) is 13.4 Å². The van der Waals surface area contributed by atoms with Crippen LogP contribution in [-0.4, -0.2) is 52.9 Å². The molecule has 22 heavy (non-hydrogen) atoms. The summed E-state index contributed by atoms with van der Waals surface area (Å²) >= 11 is 0. The van der Waals surface area contributed by atoms with Crippen molar-refractivity contribution in [3.05, 3.63) is 42.5 Å². The summed E-state index contributed by atoms with van der Waals surface area (Å²) in [7, 11) is 5.64. The van der Waals surface area contributed by atoms with Crippen molar-refractivity contribution < 1.29 is 4.74 Å². The summed E-state index contributed by atoms with van der Waals surface area (Å²) in [5, 5.41) is 11.1. The summed E-state index contributed by atoms with van der Waals surface area (Å²) in [6.07, 6.45) is 1.68. The van der Waals surface area contributed by atoms with E-state index in [1.165, 1.54) is 0 Å². The fourth-order valence-electron chi connectivity index (χ4n) is 1.93. The van der Waals surface area contributed by atoms with Crippen molar-refractivity contribution in [2.45, 2.75) is 6.54 Å². The summed E-state index contributed by atoms with van der Waals surface area (Å²) in [6.45, 7) is 1.89. The lowest BCUT2D eigenvalue weighted by atomic mass is 10.3. The van der Waals surface area contributed by atoms with Gasteiger partial charge < -0.3 is 19.5 Å². The molecule has 118 valence electrons. The van der Waals surface area contributed by atoms with Crippen molar-refractivity contribution >= 4 is 5.96 Å². The molecule has 0 bridgehead atoms. The average molecular weight is 302 g/mol. The van der Waals surface area contributed by atoms with Crippen LogP contribution in [0.4, 0.5) is 0 Å². The van der Waals surface area contributed by atoms with Gasteiger partial charge in [0.25, 0.3) is 0 Å². The number of benzene rings is 1. The molecule has 0 unspecified atom stereocenters. The maximum atomic E-state index is 5.69. The minimum Gasteiger partial charge on any atom is -0.492 e. The molecule has 0 saturated carbocycles. The number of nitrogens with one attached hydrogen (secondary N) is 1. The first-order valence-electron chi connectivity index (χ1n) is 7.13. The van der Waals surface area contributed by atoms with Crippen molar-refractivity contribution in [3.8, 4) is 5.75 Å². The van der Waals surface area contributed by atoms with Gasteiger partial charge in [-0.3, -0.25) is 4.99 Å². The molecule has 2 rings (SSSR count). The second-order valence-corrected chi connectivity index (χ2v) is 4.84. The minimum absolute atomic E-state index is 0.576. The SMILES string of the molecule is CN=C(NCc1nncn1C)N(C)CCOc1ccccc1. The lowest BCUT2D eigenvalue weighted by Crippen LogP contribution is -2.40. The van der Waals surface area contributed by atoms with E-state index in [2.05, 4.69) is 20.5 Å². The van der Waals surface area contributed by atoms with Crippen molar-refractivity contribution in [1.29, 1.82) is 0 Å². The highest BCUT2D eigenvalue weighted by molar-refractivity contribution is 5.79. The lowest BCUT2D eigenvalue weighted by Gasteiger charge is -2.22. The Bertz CT molecular complexity index is 595. The van der Waals surface area contributed by atoms with Gasteiger partial charge in [-0.05, 0) is 12.1 Å². The number of likely N-dealkylation sites (N-methyl/N-ethyl adjacent to an activating group) is 1. The van der Waals surface area contributed by atoms with Crippen molar-refractivity contribution in [2.24, 2.45) is 12.0 Å². The van der Waals surface area contributed by atoms with Crippen LogP contribution in [0.5, 0.6) is 5.75 Å². The molecule has 2 aromatic rings. The van der Waals surface area contributed by atoms with Crippen LogP contribution in [0.3, 0.4) is 0 Å². The number of aryl methyl sites for hydroxylation is 1. The van der Waals surface area contributed by atoms with Crippen LogP contribution in [0.25, 0.3) is 0 Å². The Kier molecular flexibility index (Phi) is 5.76. The first kappa shape index (κ1) is 15.8. The summed E-state index contributed by atoms with van der Waals surface area (Å²) < 4.78 is 7.56. The quantitative estimate of drug-likeness (QED) is 0.634. The van der Waals surface area contributed by atoms with Crippen LogP contribution in [0.2, 0.25) is 0 Å². The maximum absolute atomic E-state index is 5.69. The van der Waals surface area contributed by atoms with E-state index in [0.29, 0.717) is 13.2 Å². The third-order valence-electron chi connectivity index (χ3n) is 3.22. The molecule has 1 N–H and O–H groups in total. The Morgan fingerprint density at radius 3 is 2.77 bits per heavy atom. The first-order chi connectivity index (χ1) is 10.7. The Hall–Kier alpha value is -2.57. The van der Waals surface area contributed by atoms with Gasteiger partial charge in [-0.2, -0.15) is 0 Å². The van der Waals surface area contributed by atoms with Gasteiger partial charge in [0.2, 0.25) is 0 Å². The van der Waals surface area contributed by atoms with E-state index < -0.39 is 0 Å². The zero-order chi connectivity index (χ0) is 15.8. The topological polar surface area (TPSA) is 67.6 Å². The van der Waals surface area contributed by atoms with Gasteiger partial charge in [-0.1, -0.05) is 18.2 Å². The Labute approximate surface area is 130 Å². The van der Waals surface area contributed by atoms with Gasteiger partial charge in [-0.15, -0.1) is 10.2 Å². The van der Waals surface area contributed by atoms with E-state index in [-0.39, 0.29) is 0 Å². The second-order valence-electron chi connectivity index (χ2n) is 4.84. The summed E-state index contributed by atoms with van der Waals surface area (Å²) in [5.74, 6) is 2.52. The minimum atomic E-state index is 0.576. The fourth-order valence-corrected chi connectivity index (χ4v) is 1.93. The molecule has 0 amide bonds. The van der Waals surface area contributed by atoms with Crippen molar-refractivity contribution in [3.63, 3.8) is 0 Å². The van der Waals surface area contributed by atoms with Gasteiger partial charge in [0.1, 0.15) is 18.7 Å². The number of aliphatic imine (C=N–C) groups is 1. The number of guanidine groups is 1. The summed E-state index contributed by atoms with van der Waals surface area (Å²) in [4.78, 5) is 6.27. The molecule has 0 radical (unpaired) electrons. The van der Waals surface area contributed by atoms with E-state index in [9.17, 15) is 0 Å². The highest BCUT2D eigenvalue weighted by Crippen LogP contribution is 2.07. The smallest absolute Gasteiger partial charge is 0.193 e. The molecule has 0 aliphatic rings. The lowest BCUT2D eigenvalue weighted by molar-refractivity contribution is 0.281. The van der Waals surface area contributed by atoms with Crippen LogP contribution in [0.1, 0.15) is 5.82 Å². The normalized spacial score (nSPS) is 11.3. The molecule has 0 saturated heterocycles.